The molecule has 0 atom stereocenters. The Morgan fingerprint density at radius 2 is 1.80 bits per heavy atom. The van der Waals surface area contributed by atoms with Crippen molar-refractivity contribution in [2.24, 2.45) is 4.99 Å². The Balaban J connectivity index is 2.31. The predicted molar refractivity (Wildman–Crippen MR) is 57.9 cm³/mol. The van der Waals surface area contributed by atoms with Crippen LogP contribution in [0.4, 0.5) is 0 Å². The van der Waals surface area contributed by atoms with Crippen LogP contribution in [0.5, 0.6) is 0 Å². The van der Waals surface area contributed by atoms with Crippen molar-refractivity contribution >= 4 is 11.8 Å². The lowest BCUT2D eigenvalue weighted by Crippen LogP contribution is -2.29. The van der Waals surface area contributed by atoms with Crippen LogP contribution >= 0.6 is 0 Å². The number of nitrogens with zero attached hydrogens (tertiary/aromatic N) is 1. The van der Waals surface area contributed by atoms with Crippen molar-refractivity contribution < 1.29 is 9.53 Å². The molecule has 1 aromatic carbocycles. The first-order valence-corrected chi connectivity index (χ1v) is 4.88. The van der Waals surface area contributed by atoms with Crippen LogP contribution in [0.3, 0.4) is 0 Å². The summed E-state index contributed by atoms with van der Waals surface area (Å²) in [6, 6.07) is 7.75. The molecule has 0 spiro atoms. The summed E-state index contributed by atoms with van der Waals surface area (Å²) in [6.07, 6.45) is 0. The molecule has 15 heavy (non-hydrogen) atoms. The number of benzene rings is 1. The van der Waals surface area contributed by atoms with E-state index in [0.717, 1.165) is 5.56 Å². The molecule has 0 radical (unpaired) electrons. The highest BCUT2D eigenvalue weighted by atomic mass is 16.5. The van der Waals surface area contributed by atoms with Crippen molar-refractivity contribution in [3.05, 3.63) is 35.4 Å². The fourth-order valence-corrected chi connectivity index (χ4v) is 1.35. The molecule has 0 bridgehead atoms. The van der Waals surface area contributed by atoms with E-state index in [4.69, 9.17) is 4.74 Å². The summed E-state index contributed by atoms with van der Waals surface area (Å²) < 4.78 is 5.49. The van der Waals surface area contributed by atoms with Gasteiger partial charge >= 0.3 is 0 Å². The van der Waals surface area contributed by atoms with Gasteiger partial charge in [-0.15, -0.1) is 0 Å². The van der Waals surface area contributed by atoms with E-state index in [1.54, 1.807) is 13.8 Å². The maximum absolute atomic E-state index is 11.4. The Bertz CT molecular complexity index is 429. The van der Waals surface area contributed by atoms with Crippen LogP contribution in [0.2, 0.25) is 0 Å². The lowest BCUT2D eigenvalue weighted by Gasteiger charge is -2.15. The molecule has 3 nitrogen and oxygen atoms in total. The van der Waals surface area contributed by atoms with Crippen LogP contribution in [0.1, 0.15) is 25.0 Å². The standard InChI is InChI=1S/C12H13NO2/c1-8-4-6-9(7-5-8)10-13-11(14)12(2,3)15-10/h4-7H,1-3H3. The number of aryl methyl sites for hydroxylation is 1. The van der Waals surface area contributed by atoms with Gasteiger partial charge in [-0.1, -0.05) is 17.7 Å². The van der Waals surface area contributed by atoms with E-state index in [0.29, 0.717) is 5.90 Å². The third kappa shape index (κ3) is 1.77. The smallest absolute Gasteiger partial charge is 0.292 e. The molecule has 2 rings (SSSR count). The molecule has 0 saturated heterocycles. The second-order valence-electron chi connectivity index (χ2n) is 4.20. The summed E-state index contributed by atoms with van der Waals surface area (Å²) in [5, 5.41) is 0. The zero-order chi connectivity index (χ0) is 11.1. The van der Waals surface area contributed by atoms with E-state index < -0.39 is 5.60 Å². The van der Waals surface area contributed by atoms with Gasteiger partial charge < -0.3 is 4.74 Å². The van der Waals surface area contributed by atoms with Crippen molar-refractivity contribution in [2.75, 3.05) is 0 Å². The maximum atomic E-state index is 11.4. The van der Waals surface area contributed by atoms with Gasteiger partial charge in [-0.25, -0.2) is 0 Å². The summed E-state index contributed by atoms with van der Waals surface area (Å²) in [5.74, 6) is 0.197. The zero-order valence-corrected chi connectivity index (χ0v) is 9.07. The van der Waals surface area contributed by atoms with Gasteiger partial charge in [0.25, 0.3) is 5.91 Å². The molecule has 1 aromatic rings. The van der Waals surface area contributed by atoms with Crippen molar-refractivity contribution in [1.82, 2.24) is 0 Å². The molecule has 0 aromatic heterocycles. The molecule has 3 heteroatoms. The number of carbonyl (C=O) groups is 1. The minimum Gasteiger partial charge on any atom is -0.461 e. The molecule has 0 saturated carbocycles. The van der Waals surface area contributed by atoms with E-state index in [9.17, 15) is 4.79 Å². The van der Waals surface area contributed by atoms with Gasteiger partial charge in [0, 0.05) is 5.56 Å². The van der Waals surface area contributed by atoms with Crippen molar-refractivity contribution in [1.29, 1.82) is 0 Å². The number of hydrogen-bond acceptors (Lipinski definition) is 2. The number of hydrogen-bond donors (Lipinski definition) is 0. The molecule has 0 unspecified atom stereocenters. The third-order valence-corrected chi connectivity index (χ3v) is 2.37. The maximum Gasteiger partial charge on any atom is 0.292 e. The number of ether oxygens (including phenoxy) is 1. The average molecular weight is 203 g/mol. The molecule has 1 amide bonds. The van der Waals surface area contributed by atoms with Crippen LogP contribution in [0.15, 0.2) is 29.3 Å². The van der Waals surface area contributed by atoms with Crippen LogP contribution in [0, 0.1) is 6.92 Å². The second kappa shape index (κ2) is 3.19. The topological polar surface area (TPSA) is 38.7 Å². The molecule has 0 N–H and O–H groups in total. The van der Waals surface area contributed by atoms with Crippen LogP contribution < -0.4 is 0 Å². The van der Waals surface area contributed by atoms with E-state index >= 15 is 0 Å². The first kappa shape index (κ1) is 9.90. The number of amides is 1. The van der Waals surface area contributed by atoms with Gasteiger partial charge in [-0.3, -0.25) is 4.79 Å². The highest BCUT2D eigenvalue weighted by molar-refractivity contribution is 6.08. The van der Waals surface area contributed by atoms with Crippen LogP contribution in [0.25, 0.3) is 0 Å². The van der Waals surface area contributed by atoms with Gasteiger partial charge in [0.1, 0.15) is 0 Å². The number of aliphatic imine (C=N–C) groups is 1. The normalized spacial score (nSPS) is 18.6. The average Bonchev–Trinajstić information content (AvgIpc) is 2.42. The molecule has 1 aliphatic heterocycles. The first-order valence-electron chi connectivity index (χ1n) is 4.88. The molecule has 1 aliphatic rings. The minimum absolute atomic E-state index is 0.224. The fourth-order valence-electron chi connectivity index (χ4n) is 1.35. The minimum atomic E-state index is -0.819. The van der Waals surface area contributed by atoms with Crippen molar-refractivity contribution in [3.63, 3.8) is 0 Å². The zero-order valence-electron chi connectivity index (χ0n) is 9.07. The lowest BCUT2D eigenvalue weighted by atomic mass is 10.1. The van der Waals surface area contributed by atoms with Crippen molar-refractivity contribution in [2.45, 2.75) is 26.4 Å². The van der Waals surface area contributed by atoms with Crippen LogP contribution in [-0.4, -0.2) is 17.4 Å². The molecule has 0 aliphatic carbocycles. The summed E-state index contributed by atoms with van der Waals surface area (Å²) in [6.45, 7) is 5.45. The Kier molecular flexibility index (Phi) is 2.11. The summed E-state index contributed by atoms with van der Waals surface area (Å²) in [4.78, 5) is 15.3. The van der Waals surface area contributed by atoms with E-state index in [2.05, 4.69) is 4.99 Å². The molecular formula is C12H13NO2. The molecule has 0 fully saturated rings. The first-order chi connectivity index (χ1) is 6.99. The monoisotopic (exact) mass is 203 g/mol. The van der Waals surface area contributed by atoms with Gasteiger partial charge in [-0.05, 0) is 32.9 Å². The Morgan fingerprint density at radius 3 is 2.27 bits per heavy atom. The summed E-state index contributed by atoms with van der Waals surface area (Å²) in [5.41, 5.74) is 1.20. The summed E-state index contributed by atoms with van der Waals surface area (Å²) in [7, 11) is 0. The highest BCUT2D eigenvalue weighted by Gasteiger charge is 2.37. The predicted octanol–water partition coefficient (Wildman–Crippen LogP) is 2.08. The summed E-state index contributed by atoms with van der Waals surface area (Å²) >= 11 is 0. The van der Waals surface area contributed by atoms with Gasteiger partial charge in [0.15, 0.2) is 5.60 Å². The Labute approximate surface area is 88.8 Å². The lowest BCUT2D eigenvalue weighted by molar-refractivity contribution is -0.128. The van der Waals surface area contributed by atoms with Gasteiger partial charge in [0.05, 0.1) is 0 Å². The van der Waals surface area contributed by atoms with Gasteiger partial charge in [-0.2, -0.15) is 4.99 Å². The fraction of sp³-hybridized carbons (Fsp3) is 0.333. The van der Waals surface area contributed by atoms with E-state index in [1.807, 2.05) is 31.2 Å². The van der Waals surface area contributed by atoms with Gasteiger partial charge in [0.2, 0.25) is 5.90 Å². The molecule has 78 valence electrons. The van der Waals surface area contributed by atoms with E-state index in [-0.39, 0.29) is 5.91 Å². The van der Waals surface area contributed by atoms with Crippen molar-refractivity contribution in [3.8, 4) is 0 Å². The van der Waals surface area contributed by atoms with E-state index in [1.165, 1.54) is 5.56 Å². The SMILES string of the molecule is Cc1ccc(C2=NC(=O)C(C)(C)O2)cc1. The third-order valence-electron chi connectivity index (χ3n) is 2.37. The van der Waals surface area contributed by atoms with Crippen LogP contribution in [-0.2, 0) is 9.53 Å². The number of rotatable bonds is 1. The Hall–Kier alpha value is -1.64. The largest absolute Gasteiger partial charge is 0.461 e. The molecule has 1 heterocycles. The quantitative estimate of drug-likeness (QED) is 0.700. The Morgan fingerprint density at radius 1 is 1.20 bits per heavy atom. The second-order valence-corrected chi connectivity index (χ2v) is 4.20. The highest BCUT2D eigenvalue weighted by Crippen LogP contribution is 2.22. The number of carbonyl (C=O) groups excluding carboxylic acids is 1. The molecular weight excluding hydrogens is 190 g/mol.